The Kier molecular flexibility index (Phi) is 4.51. The Balaban J connectivity index is 1.60. The summed E-state index contributed by atoms with van der Waals surface area (Å²) in [5.74, 6) is 1.62. The predicted octanol–water partition coefficient (Wildman–Crippen LogP) is 4.42. The highest BCUT2D eigenvalue weighted by atomic mass is 35.5. The van der Waals surface area contributed by atoms with Gasteiger partial charge in [0.1, 0.15) is 12.1 Å². The van der Waals surface area contributed by atoms with Crippen LogP contribution in [0.15, 0.2) is 54.9 Å². The van der Waals surface area contributed by atoms with Gasteiger partial charge < -0.3 is 4.74 Å². The van der Waals surface area contributed by atoms with Crippen molar-refractivity contribution in [2.75, 3.05) is 12.0 Å². The van der Waals surface area contributed by atoms with Gasteiger partial charge in [-0.3, -0.25) is 9.69 Å². The van der Waals surface area contributed by atoms with Crippen molar-refractivity contribution in [3.8, 4) is 5.75 Å². The van der Waals surface area contributed by atoms with Crippen LogP contribution in [0.5, 0.6) is 5.75 Å². The van der Waals surface area contributed by atoms with Crippen molar-refractivity contribution < 1.29 is 9.53 Å². The average Bonchev–Trinajstić information content (AvgIpc) is 3.50. The molecular formula is C22H21ClN4O2. The molecule has 5 rings (SSSR count). The van der Waals surface area contributed by atoms with Gasteiger partial charge in [0.15, 0.2) is 0 Å². The maximum absolute atomic E-state index is 13.2. The zero-order chi connectivity index (χ0) is 20.0. The molecule has 2 atom stereocenters. The van der Waals surface area contributed by atoms with E-state index in [9.17, 15) is 4.79 Å². The molecule has 148 valence electrons. The number of methoxy groups -OCH3 is 1. The van der Waals surface area contributed by atoms with E-state index in [1.165, 1.54) is 6.33 Å². The monoisotopic (exact) mass is 408 g/mol. The van der Waals surface area contributed by atoms with E-state index in [1.54, 1.807) is 7.11 Å². The lowest BCUT2D eigenvalue weighted by Crippen LogP contribution is -2.43. The van der Waals surface area contributed by atoms with E-state index in [-0.39, 0.29) is 23.9 Å². The lowest BCUT2D eigenvalue weighted by atomic mass is 9.91. The van der Waals surface area contributed by atoms with Crippen LogP contribution in [0.3, 0.4) is 0 Å². The van der Waals surface area contributed by atoms with Crippen molar-refractivity contribution >= 4 is 23.5 Å². The minimum Gasteiger partial charge on any atom is -0.497 e. The molecule has 0 unspecified atom stereocenters. The van der Waals surface area contributed by atoms with Gasteiger partial charge in [-0.1, -0.05) is 35.9 Å². The number of nitrogens with zero attached hydrogens (tertiary/aromatic N) is 4. The number of anilines is 1. The van der Waals surface area contributed by atoms with E-state index in [1.807, 2.05) is 58.1 Å². The van der Waals surface area contributed by atoms with E-state index in [0.717, 1.165) is 29.7 Å². The summed E-state index contributed by atoms with van der Waals surface area (Å²) in [5.41, 5.74) is 2.16. The molecular weight excluding hydrogens is 388 g/mol. The molecule has 1 saturated carbocycles. The normalized spacial score (nSPS) is 21.0. The Morgan fingerprint density at radius 1 is 1.03 bits per heavy atom. The molecule has 1 amide bonds. The van der Waals surface area contributed by atoms with Crippen LogP contribution in [0, 0.1) is 5.92 Å². The zero-order valence-corrected chi connectivity index (χ0v) is 16.8. The topological polar surface area (TPSA) is 60.2 Å². The molecule has 0 radical (unpaired) electrons. The van der Waals surface area contributed by atoms with Crippen molar-refractivity contribution in [3.05, 3.63) is 71.0 Å². The number of halogens is 1. The molecule has 0 bridgehead atoms. The summed E-state index contributed by atoms with van der Waals surface area (Å²) in [7, 11) is 1.65. The minimum absolute atomic E-state index is 0.0277. The van der Waals surface area contributed by atoms with E-state index in [2.05, 4.69) is 10.1 Å². The Bertz CT molecular complexity index is 1030. The number of hydrogen-bond acceptors (Lipinski definition) is 4. The number of hydrogen-bond donors (Lipinski definition) is 0. The lowest BCUT2D eigenvalue weighted by Gasteiger charge is -2.39. The number of benzene rings is 2. The fourth-order valence-electron chi connectivity index (χ4n) is 4.05. The molecule has 0 saturated heterocycles. The van der Waals surface area contributed by atoms with Crippen LogP contribution in [-0.4, -0.2) is 27.8 Å². The molecule has 2 aromatic carbocycles. The number of carbonyl (C=O) groups excluding carboxylic acids is 1. The number of carbonyl (C=O) groups is 1. The standard InChI is InChI=1S/C22H21ClN4O2/c1-29-18-10-6-14(7-11-18)19-12-20(15-4-8-17(23)9-5-15)27-22(24-13-25-27)26(19)21(28)16-2-3-16/h4-11,13,16,19-20H,2-3,12H2,1H3/t19-,20-/m1/s1. The number of fused-ring (bicyclic) bond motifs is 1. The minimum atomic E-state index is -0.119. The van der Waals surface area contributed by atoms with Crippen molar-refractivity contribution in [1.29, 1.82) is 0 Å². The Morgan fingerprint density at radius 3 is 2.34 bits per heavy atom. The molecule has 2 heterocycles. The second-order valence-corrected chi connectivity index (χ2v) is 8.02. The van der Waals surface area contributed by atoms with E-state index in [0.29, 0.717) is 17.4 Å². The summed E-state index contributed by atoms with van der Waals surface area (Å²) in [6, 6.07) is 15.6. The maximum atomic E-state index is 13.2. The molecule has 7 heteroatoms. The Morgan fingerprint density at radius 2 is 1.69 bits per heavy atom. The fourth-order valence-corrected chi connectivity index (χ4v) is 4.17. The maximum Gasteiger partial charge on any atom is 0.233 e. The van der Waals surface area contributed by atoms with Gasteiger partial charge in [0, 0.05) is 10.9 Å². The van der Waals surface area contributed by atoms with E-state index in [4.69, 9.17) is 16.3 Å². The predicted molar refractivity (Wildman–Crippen MR) is 110 cm³/mol. The third-order valence-electron chi connectivity index (χ3n) is 5.74. The quantitative estimate of drug-likeness (QED) is 0.641. The smallest absolute Gasteiger partial charge is 0.233 e. The first-order valence-corrected chi connectivity index (χ1v) is 10.2. The Hall–Kier alpha value is -2.86. The second-order valence-electron chi connectivity index (χ2n) is 7.58. The van der Waals surface area contributed by atoms with Gasteiger partial charge in [-0.15, -0.1) is 0 Å². The molecule has 0 spiro atoms. The zero-order valence-electron chi connectivity index (χ0n) is 16.0. The van der Waals surface area contributed by atoms with Crippen molar-refractivity contribution in [2.24, 2.45) is 5.92 Å². The molecule has 3 aromatic rings. The molecule has 1 aromatic heterocycles. The first-order chi connectivity index (χ1) is 14.2. The fraction of sp³-hybridized carbons (Fsp3) is 0.318. The van der Waals surface area contributed by atoms with Crippen LogP contribution in [-0.2, 0) is 4.79 Å². The van der Waals surface area contributed by atoms with Crippen LogP contribution in [0.4, 0.5) is 5.95 Å². The summed E-state index contributed by atoms with van der Waals surface area (Å²) in [6.45, 7) is 0. The molecule has 29 heavy (non-hydrogen) atoms. The number of amides is 1. The second kappa shape index (κ2) is 7.19. The highest BCUT2D eigenvalue weighted by molar-refractivity contribution is 6.30. The highest BCUT2D eigenvalue weighted by Gasteiger charge is 2.44. The van der Waals surface area contributed by atoms with Crippen molar-refractivity contribution in [2.45, 2.75) is 31.3 Å². The van der Waals surface area contributed by atoms with Crippen LogP contribution < -0.4 is 9.64 Å². The third-order valence-corrected chi connectivity index (χ3v) is 5.99. The molecule has 6 nitrogen and oxygen atoms in total. The molecule has 2 aliphatic rings. The Labute approximate surface area is 174 Å². The van der Waals surface area contributed by atoms with Crippen LogP contribution in [0.1, 0.15) is 42.5 Å². The number of ether oxygens (including phenoxy) is 1. The summed E-state index contributed by atoms with van der Waals surface area (Å²) >= 11 is 6.09. The average molecular weight is 409 g/mol. The van der Waals surface area contributed by atoms with E-state index >= 15 is 0 Å². The van der Waals surface area contributed by atoms with Gasteiger partial charge in [0.05, 0.1) is 19.2 Å². The van der Waals surface area contributed by atoms with Gasteiger partial charge in [0.25, 0.3) is 0 Å². The first-order valence-electron chi connectivity index (χ1n) is 9.77. The molecule has 1 fully saturated rings. The SMILES string of the molecule is COc1ccc([C@H]2C[C@H](c3ccc(Cl)cc3)n3ncnc3N2C(=O)C2CC2)cc1. The molecule has 1 aliphatic carbocycles. The largest absolute Gasteiger partial charge is 0.497 e. The van der Waals surface area contributed by atoms with Gasteiger partial charge >= 0.3 is 0 Å². The molecule has 1 aliphatic heterocycles. The number of aromatic nitrogens is 3. The van der Waals surface area contributed by atoms with Crippen LogP contribution in [0.2, 0.25) is 5.02 Å². The number of rotatable bonds is 4. The third kappa shape index (κ3) is 3.27. The van der Waals surface area contributed by atoms with E-state index < -0.39 is 0 Å². The summed E-state index contributed by atoms with van der Waals surface area (Å²) in [6.07, 6.45) is 4.13. The van der Waals surface area contributed by atoms with Crippen LogP contribution >= 0.6 is 11.6 Å². The van der Waals surface area contributed by atoms with Gasteiger partial charge in [-0.25, -0.2) is 4.68 Å². The van der Waals surface area contributed by atoms with Crippen LogP contribution in [0.25, 0.3) is 0 Å². The van der Waals surface area contributed by atoms with Crippen molar-refractivity contribution in [1.82, 2.24) is 14.8 Å². The summed E-state index contributed by atoms with van der Waals surface area (Å²) in [4.78, 5) is 19.5. The van der Waals surface area contributed by atoms with Gasteiger partial charge in [0.2, 0.25) is 11.9 Å². The van der Waals surface area contributed by atoms with Gasteiger partial charge in [-0.2, -0.15) is 10.1 Å². The summed E-state index contributed by atoms with van der Waals surface area (Å²) in [5, 5.41) is 5.16. The summed E-state index contributed by atoms with van der Waals surface area (Å²) < 4.78 is 7.17. The first kappa shape index (κ1) is 18.2. The highest BCUT2D eigenvalue weighted by Crippen LogP contribution is 2.45. The lowest BCUT2D eigenvalue weighted by molar-refractivity contribution is -0.120. The van der Waals surface area contributed by atoms with Crippen molar-refractivity contribution in [3.63, 3.8) is 0 Å². The van der Waals surface area contributed by atoms with Gasteiger partial charge in [-0.05, 0) is 54.7 Å². The molecule has 0 N–H and O–H groups in total.